The number of benzene rings is 1. The third-order valence-corrected chi connectivity index (χ3v) is 11.3. The summed E-state index contributed by atoms with van der Waals surface area (Å²) in [5, 5.41) is 1.75. The third kappa shape index (κ3) is 3.95. The second-order valence-electron chi connectivity index (χ2n) is 9.49. The molecule has 6 atom stereocenters. The Morgan fingerprint density at radius 1 is 0.808 bits per heavy atom. The van der Waals surface area contributed by atoms with Gasteiger partial charge in [0, 0.05) is 0 Å². The minimum absolute atomic E-state index is 0.640. The van der Waals surface area contributed by atoms with Crippen LogP contribution in [-0.2, 0) is 9.47 Å². The summed E-state index contributed by atoms with van der Waals surface area (Å²) in [7, 11) is -0.868. The Morgan fingerprint density at radius 3 is 1.92 bits per heavy atom. The second kappa shape index (κ2) is 7.41. The van der Waals surface area contributed by atoms with Crippen molar-refractivity contribution in [1.82, 2.24) is 0 Å². The molecule has 142 valence electrons. The zero-order chi connectivity index (χ0) is 17.5. The van der Waals surface area contributed by atoms with E-state index < -0.39 is 8.80 Å². The lowest BCUT2D eigenvalue weighted by Gasteiger charge is -2.25. The van der Waals surface area contributed by atoms with Gasteiger partial charge in [0.15, 0.2) is 0 Å². The van der Waals surface area contributed by atoms with Crippen molar-refractivity contribution in [3.05, 3.63) is 29.8 Å². The molecule has 2 aliphatic carbocycles. The van der Waals surface area contributed by atoms with Crippen molar-refractivity contribution < 1.29 is 9.47 Å². The van der Waals surface area contributed by atoms with E-state index >= 15 is 0 Å². The van der Waals surface area contributed by atoms with Gasteiger partial charge in [-0.05, 0) is 57.3 Å². The molecule has 3 heteroatoms. The van der Waals surface area contributed by atoms with Gasteiger partial charge in [-0.1, -0.05) is 59.9 Å². The van der Waals surface area contributed by atoms with Gasteiger partial charge in [0.1, 0.15) is 0 Å². The molecule has 0 N–H and O–H groups in total. The van der Waals surface area contributed by atoms with Crippen molar-refractivity contribution in [3.8, 4) is 0 Å². The van der Waals surface area contributed by atoms with Crippen LogP contribution in [0.2, 0.25) is 12.1 Å². The van der Waals surface area contributed by atoms with Gasteiger partial charge in [-0.2, -0.15) is 0 Å². The molecule has 2 heterocycles. The van der Waals surface area contributed by atoms with E-state index in [1.807, 2.05) is 0 Å². The normalized spacial score (nSPS) is 39.0. The van der Waals surface area contributed by atoms with Gasteiger partial charge >= 0.3 is 0 Å². The van der Waals surface area contributed by atoms with Gasteiger partial charge < -0.3 is 9.47 Å². The molecule has 0 radical (unpaired) electrons. The summed E-state index contributed by atoms with van der Waals surface area (Å²) < 4.78 is 11.5. The van der Waals surface area contributed by atoms with Gasteiger partial charge in [-0.3, -0.25) is 0 Å². The van der Waals surface area contributed by atoms with E-state index in [1.54, 1.807) is 10.8 Å². The van der Waals surface area contributed by atoms with E-state index in [1.165, 1.54) is 63.5 Å². The highest BCUT2D eigenvalue weighted by Gasteiger charge is 2.44. The zero-order valence-electron chi connectivity index (χ0n) is 16.2. The fourth-order valence-electron chi connectivity index (χ4n) is 5.87. The van der Waals surface area contributed by atoms with Crippen LogP contribution in [0.3, 0.4) is 0 Å². The maximum absolute atomic E-state index is 5.76. The third-order valence-electron chi connectivity index (χ3n) is 7.70. The van der Waals surface area contributed by atoms with Gasteiger partial charge in [0.25, 0.3) is 0 Å². The first-order valence-corrected chi connectivity index (χ1v) is 13.3. The lowest BCUT2D eigenvalue weighted by molar-refractivity contribution is 0.355. The van der Waals surface area contributed by atoms with Crippen LogP contribution in [-0.4, -0.2) is 33.2 Å². The first-order chi connectivity index (χ1) is 12.8. The number of epoxide rings is 2. The molecular weight excluding hydrogens is 336 g/mol. The Morgan fingerprint density at radius 2 is 1.38 bits per heavy atom. The number of rotatable bonds is 7. The largest absolute Gasteiger partial charge is 0.370 e. The first-order valence-electron chi connectivity index (χ1n) is 11.1. The highest BCUT2D eigenvalue weighted by molar-refractivity contribution is 6.73. The molecule has 0 spiro atoms. The van der Waals surface area contributed by atoms with Crippen LogP contribution in [0, 0.1) is 18.8 Å². The fourth-order valence-corrected chi connectivity index (χ4v) is 9.65. The zero-order valence-corrected chi connectivity index (χ0v) is 17.4. The van der Waals surface area contributed by atoms with E-state index in [4.69, 9.17) is 9.47 Å². The number of fused-ring (bicyclic) bond motifs is 2. The molecule has 2 aliphatic heterocycles. The van der Waals surface area contributed by atoms with Crippen LogP contribution in [0.5, 0.6) is 0 Å². The first kappa shape index (κ1) is 17.5. The maximum Gasteiger partial charge on any atom is 0.0844 e. The summed E-state index contributed by atoms with van der Waals surface area (Å²) in [5.41, 5.74) is 1.55. The SMILES string of the molecule is Cc1ccccc1[SiH](CCC1CCC2OC2C1)CCC1CCC2OC2C1. The van der Waals surface area contributed by atoms with Crippen LogP contribution in [0.1, 0.15) is 56.9 Å². The molecule has 5 rings (SSSR count). The van der Waals surface area contributed by atoms with Crippen molar-refractivity contribution in [2.45, 2.75) is 94.8 Å². The van der Waals surface area contributed by atoms with Crippen molar-refractivity contribution in [1.29, 1.82) is 0 Å². The molecule has 1 aromatic carbocycles. The molecule has 2 saturated heterocycles. The highest BCUT2D eigenvalue weighted by atomic mass is 28.3. The standard InChI is InChI=1S/C23H34O2Si/c1-16-4-2-3-5-23(16)26(12-10-17-6-8-19-21(14-17)24-19)13-11-18-7-9-20-22(15-18)25-20/h2-5,17-22,26H,6-15H2,1H3. The van der Waals surface area contributed by atoms with Gasteiger partial charge in [-0.15, -0.1) is 0 Å². The van der Waals surface area contributed by atoms with Crippen molar-refractivity contribution in [2.24, 2.45) is 11.8 Å². The topological polar surface area (TPSA) is 25.1 Å². The Kier molecular flexibility index (Phi) is 4.97. The summed E-state index contributed by atoms with van der Waals surface area (Å²) in [6.07, 6.45) is 13.7. The summed E-state index contributed by atoms with van der Waals surface area (Å²) in [4.78, 5) is 0. The summed E-state index contributed by atoms with van der Waals surface area (Å²) in [6.45, 7) is 2.34. The average Bonchev–Trinajstić information content (AvgIpc) is 3.56. The Bertz CT molecular complexity index is 600. The Balaban J connectivity index is 1.19. The van der Waals surface area contributed by atoms with Crippen molar-refractivity contribution >= 4 is 14.0 Å². The molecule has 2 nitrogen and oxygen atoms in total. The van der Waals surface area contributed by atoms with Crippen LogP contribution in [0.25, 0.3) is 0 Å². The number of aryl methyl sites for hydroxylation is 1. The van der Waals surface area contributed by atoms with Crippen molar-refractivity contribution in [3.63, 3.8) is 0 Å². The lowest BCUT2D eigenvalue weighted by atomic mass is 9.87. The molecule has 2 saturated carbocycles. The molecule has 6 unspecified atom stereocenters. The van der Waals surface area contributed by atoms with Gasteiger partial charge in [-0.25, -0.2) is 0 Å². The Labute approximate surface area is 160 Å². The predicted molar refractivity (Wildman–Crippen MR) is 109 cm³/mol. The molecule has 0 bridgehead atoms. The van der Waals surface area contributed by atoms with E-state index in [9.17, 15) is 0 Å². The molecule has 4 aliphatic rings. The number of hydrogen-bond acceptors (Lipinski definition) is 2. The van der Waals surface area contributed by atoms with E-state index in [2.05, 4.69) is 31.2 Å². The molecular formula is C23H34O2Si. The molecule has 4 fully saturated rings. The average molecular weight is 371 g/mol. The van der Waals surface area contributed by atoms with Crippen LogP contribution in [0.4, 0.5) is 0 Å². The van der Waals surface area contributed by atoms with Crippen molar-refractivity contribution in [2.75, 3.05) is 0 Å². The van der Waals surface area contributed by atoms with Gasteiger partial charge in [0.2, 0.25) is 0 Å². The fraction of sp³-hybridized carbons (Fsp3) is 0.739. The quantitative estimate of drug-likeness (QED) is 0.527. The molecule has 0 aromatic heterocycles. The monoisotopic (exact) mass is 370 g/mol. The lowest BCUT2D eigenvalue weighted by Crippen LogP contribution is -2.33. The predicted octanol–water partition coefficient (Wildman–Crippen LogP) is 4.34. The maximum atomic E-state index is 5.76. The Hall–Kier alpha value is -0.643. The second-order valence-corrected chi connectivity index (χ2v) is 12.7. The van der Waals surface area contributed by atoms with Crippen LogP contribution < -0.4 is 5.19 Å². The summed E-state index contributed by atoms with van der Waals surface area (Å²) in [5.74, 6) is 1.88. The molecule has 26 heavy (non-hydrogen) atoms. The minimum atomic E-state index is -0.868. The highest BCUT2D eigenvalue weighted by Crippen LogP contribution is 2.42. The van der Waals surface area contributed by atoms with E-state index in [-0.39, 0.29) is 0 Å². The minimum Gasteiger partial charge on any atom is -0.370 e. The summed E-state index contributed by atoms with van der Waals surface area (Å²) in [6, 6.07) is 12.3. The summed E-state index contributed by atoms with van der Waals surface area (Å²) >= 11 is 0. The molecule has 0 amide bonds. The van der Waals surface area contributed by atoms with Crippen LogP contribution in [0.15, 0.2) is 24.3 Å². The van der Waals surface area contributed by atoms with E-state index in [0.29, 0.717) is 24.4 Å². The van der Waals surface area contributed by atoms with E-state index in [0.717, 1.165) is 11.8 Å². The van der Waals surface area contributed by atoms with Gasteiger partial charge in [0.05, 0.1) is 33.2 Å². The number of hydrogen-bond donors (Lipinski definition) is 0. The smallest absolute Gasteiger partial charge is 0.0844 e. The number of ether oxygens (including phenoxy) is 2. The molecule has 1 aromatic rings. The van der Waals surface area contributed by atoms with Crippen LogP contribution >= 0.6 is 0 Å².